The van der Waals surface area contributed by atoms with Crippen LogP contribution in [0.5, 0.6) is 0 Å². The lowest BCUT2D eigenvalue weighted by atomic mass is 9.78. The summed E-state index contributed by atoms with van der Waals surface area (Å²) in [5.41, 5.74) is 21.3. The lowest BCUT2D eigenvalue weighted by Crippen LogP contribution is -2.17. The summed E-state index contributed by atoms with van der Waals surface area (Å²) in [6, 6.07) is 74.8. The van der Waals surface area contributed by atoms with Crippen molar-refractivity contribution in [1.29, 1.82) is 0 Å². The van der Waals surface area contributed by atoms with Crippen LogP contribution in [-0.4, -0.2) is 0 Å². The van der Waals surface area contributed by atoms with Crippen molar-refractivity contribution in [3.63, 3.8) is 0 Å². The van der Waals surface area contributed by atoms with E-state index < -0.39 is 0 Å². The fourth-order valence-electron chi connectivity index (χ4n) is 11.0. The van der Waals surface area contributed by atoms with Crippen molar-refractivity contribution in [3.05, 3.63) is 222 Å². The van der Waals surface area contributed by atoms with Crippen molar-refractivity contribution in [2.75, 3.05) is 4.90 Å². The second kappa shape index (κ2) is 13.8. The van der Waals surface area contributed by atoms with Gasteiger partial charge in [0.1, 0.15) is 0 Å². The minimum absolute atomic E-state index is 0.108. The number of thiophene rings is 1. The first-order valence-corrected chi connectivity index (χ1v) is 22.6. The number of fused-ring (bicyclic) bond motifs is 9. The fourth-order valence-corrected chi connectivity index (χ4v) is 12.3. The zero-order valence-electron chi connectivity index (χ0n) is 35.4. The monoisotopic (exact) mass is 811 g/mol. The van der Waals surface area contributed by atoms with Gasteiger partial charge in [-0.25, -0.2) is 0 Å². The second-order valence-corrected chi connectivity index (χ2v) is 19.1. The van der Waals surface area contributed by atoms with Gasteiger partial charge in [-0.1, -0.05) is 198 Å². The molecule has 0 spiro atoms. The molecule has 0 atom stereocenters. The van der Waals surface area contributed by atoms with Crippen LogP contribution in [-0.2, 0) is 10.8 Å². The molecule has 1 heterocycles. The third kappa shape index (κ3) is 5.33. The topological polar surface area (TPSA) is 3.24 Å². The maximum absolute atomic E-state index is 2.54. The Morgan fingerprint density at radius 3 is 1.65 bits per heavy atom. The predicted octanol–water partition coefficient (Wildman–Crippen LogP) is 17.1. The van der Waals surface area contributed by atoms with Crippen molar-refractivity contribution in [1.82, 2.24) is 0 Å². The van der Waals surface area contributed by atoms with Crippen LogP contribution >= 0.6 is 11.3 Å². The Hall–Kier alpha value is -7.00. The molecule has 0 aliphatic heterocycles. The molecule has 0 amide bonds. The summed E-state index contributed by atoms with van der Waals surface area (Å²) in [6.45, 7) is 9.53. The van der Waals surface area contributed by atoms with E-state index in [-0.39, 0.29) is 10.8 Å². The van der Waals surface area contributed by atoms with E-state index in [1.54, 1.807) is 0 Å². The molecule has 10 aromatic rings. The molecule has 9 aromatic carbocycles. The number of nitrogens with zero attached hydrogens (tertiary/aromatic N) is 1. The van der Waals surface area contributed by atoms with Gasteiger partial charge in [0.25, 0.3) is 0 Å². The molecular weight excluding hydrogens is 767 g/mol. The van der Waals surface area contributed by atoms with Crippen LogP contribution in [0.2, 0.25) is 0 Å². The summed E-state index contributed by atoms with van der Waals surface area (Å²) in [5.74, 6) is 0. The Bertz CT molecular complexity index is 3430. The van der Waals surface area contributed by atoms with Crippen molar-refractivity contribution in [3.8, 4) is 55.6 Å². The van der Waals surface area contributed by atoms with Gasteiger partial charge in [-0.05, 0) is 97.1 Å². The third-order valence-electron chi connectivity index (χ3n) is 13.9. The van der Waals surface area contributed by atoms with Gasteiger partial charge in [0, 0.05) is 47.8 Å². The molecule has 2 aliphatic rings. The fraction of sp³-hybridized carbons (Fsp3) is 0.100. The van der Waals surface area contributed by atoms with E-state index in [0.29, 0.717) is 0 Å². The summed E-state index contributed by atoms with van der Waals surface area (Å²) < 4.78 is 2.64. The van der Waals surface area contributed by atoms with Crippen LogP contribution in [0, 0.1) is 0 Å². The van der Waals surface area contributed by atoms with Crippen LogP contribution in [0.25, 0.3) is 75.8 Å². The van der Waals surface area contributed by atoms with E-state index in [0.717, 1.165) is 17.1 Å². The van der Waals surface area contributed by atoms with Crippen molar-refractivity contribution in [2.45, 2.75) is 38.5 Å². The Morgan fingerprint density at radius 1 is 0.371 bits per heavy atom. The average Bonchev–Trinajstić information content (AvgIpc) is 3.90. The number of benzene rings is 9. The quantitative estimate of drug-likeness (QED) is 0.162. The van der Waals surface area contributed by atoms with E-state index in [9.17, 15) is 0 Å². The molecule has 0 fully saturated rings. The lowest BCUT2D eigenvalue weighted by Gasteiger charge is -2.32. The molecule has 0 bridgehead atoms. The predicted molar refractivity (Wildman–Crippen MR) is 265 cm³/mol. The molecule has 0 unspecified atom stereocenters. The number of hydrogen-bond acceptors (Lipinski definition) is 2. The minimum atomic E-state index is -0.175. The summed E-state index contributed by atoms with van der Waals surface area (Å²) >= 11 is 1.89. The van der Waals surface area contributed by atoms with E-state index in [4.69, 9.17) is 0 Å². The first-order chi connectivity index (χ1) is 30.3. The van der Waals surface area contributed by atoms with Crippen LogP contribution in [0.3, 0.4) is 0 Å². The van der Waals surface area contributed by atoms with E-state index in [1.165, 1.54) is 98.1 Å². The normalized spacial score (nSPS) is 14.1. The zero-order chi connectivity index (χ0) is 41.7. The summed E-state index contributed by atoms with van der Waals surface area (Å²) in [7, 11) is 0. The Morgan fingerprint density at radius 2 is 0.871 bits per heavy atom. The molecule has 2 aliphatic carbocycles. The van der Waals surface area contributed by atoms with E-state index in [2.05, 4.69) is 233 Å². The molecule has 1 nitrogen and oxygen atoms in total. The molecule has 0 saturated carbocycles. The Balaban J connectivity index is 1.12. The highest BCUT2D eigenvalue weighted by molar-refractivity contribution is 7.26. The lowest BCUT2D eigenvalue weighted by molar-refractivity contribution is 0.660. The van der Waals surface area contributed by atoms with Crippen molar-refractivity contribution >= 4 is 48.6 Å². The summed E-state index contributed by atoms with van der Waals surface area (Å²) in [4.78, 5) is 2.54. The van der Waals surface area contributed by atoms with Crippen molar-refractivity contribution < 1.29 is 0 Å². The molecule has 12 rings (SSSR count). The highest BCUT2D eigenvalue weighted by atomic mass is 32.1. The molecule has 296 valence electrons. The summed E-state index contributed by atoms with van der Waals surface area (Å²) in [6.07, 6.45) is 0. The molecule has 62 heavy (non-hydrogen) atoms. The van der Waals surface area contributed by atoms with Gasteiger partial charge in [0.05, 0.1) is 11.4 Å². The van der Waals surface area contributed by atoms with Gasteiger partial charge in [-0.3, -0.25) is 0 Å². The Kier molecular flexibility index (Phi) is 8.17. The van der Waals surface area contributed by atoms with Gasteiger partial charge in [0.2, 0.25) is 0 Å². The van der Waals surface area contributed by atoms with Gasteiger partial charge in [-0.15, -0.1) is 11.3 Å². The van der Waals surface area contributed by atoms with Crippen LogP contribution < -0.4 is 4.90 Å². The SMILES string of the molecule is CC1(C)c2ccccc2-c2c(-c3ccccc3N(c3cccc(-c4cccc5c4sc4ccccc45)c3)c3ccccc3-c3cccc4c3C(C)(C)c3ccccc3-4)cccc21. The van der Waals surface area contributed by atoms with E-state index in [1.807, 2.05) is 11.3 Å². The molecule has 2 heteroatoms. The number of anilines is 3. The highest BCUT2D eigenvalue weighted by Crippen LogP contribution is 2.56. The smallest absolute Gasteiger partial charge is 0.0540 e. The summed E-state index contributed by atoms with van der Waals surface area (Å²) in [5, 5.41) is 2.62. The first-order valence-electron chi connectivity index (χ1n) is 21.8. The third-order valence-corrected chi connectivity index (χ3v) is 15.1. The van der Waals surface area contributed by atoms with Gasteiger partial charge >= 0.3 is 0 Å². The van der Waals surface area contributed by atoms with E-state index >= 15 is 0 Å². The Labute approximate surface area is 368 Å². The average molecular weight is 812 g/mol. The number of rotatable bonds is 6. The molecule has 0 saturated heterocycles. The van der Waals surface area contributed by atoms with Gasteiger partial charge < -0.3 is 4.90 Å². The molecule has 1 aromatic heterocycles. The standard InChI is InChI=1S/C60H45NS/c1-59(2)51-32-11-6-25-49(51)56-45(27-18-33-52(56)59)42-22-7-12-34-53(42)61(39-20-15-19-38(37-39)40-26-16-30-48-44-24-9-14-36-55(44)62-58(40)48)54-35-13-8-23-43(54)47-29-17-28-46-41-21-5-10-31-50(41)60(3,4)57(46)47/h5-37H,1-4H3. The zero-order valence-corrected chi connectivity index (χ0v) is 36.2. The number of hydrogen-bond donors (Lipinski definition) is 0. The minimum Gasteiger partial charge on any atom is -0.309 e. The second-order valence-electron chi connectivity index (χ2n) is 18.0. The van der Waals surface area contributed by atoms with Crippen LogP contribution in [0.4, 0.5) is 17.1 Å². The molecule has 0 radical (unpaired) electrons. The number of para-hydroxylation sites is 2. The van der Waals surface area contributed by atoms with Gasteiger partial charge in [0.15, 0.2) is 0 Å². The largest absolute Gasteiger partial charge is 0.309 e. The van der Waals surface area contributed by atoms with Gasteiger partial charge in [-0.2, -0.15) is 0 Å². The van der Waals surface area contributed by atoms with Crippen molar-refractivity contribution in [2.24, 2.45) is 0 Å². The van der Waals surface area contributed by atoms with Crippen LogP contribution in [0.15, 0.2) is 200 Å². The first kappa shape index (κ1) is 36.8. The molecule has 0 N–H and O–H groups in total. The highest BCUT2D eigenvalue weighted by Gasteiger charge is 2.39. The van der Waals surface area contributed by atoms with Crippen LogP contribution in [0.1, 0.15) is 49.9 Å². The maximum Gasteiger partial charge on any atom is 0.0540 e. The maximum atomic E-state index is 2.54. The molecular formula is C60H45NS.